The summed E-state index contributed by atoms with van der Waals surface area (Å²) in [5.74, 6) is -0.174. The molecule has 21 nitrogen and oxygen atoms in total. The molecule has 0 aliphatic heterocycles. The van der Waals surface area contributed by atoms with Crippen LogP contribution in [0.25, 0.3) is 10.8 Å². The topological polar surface area (TPSA) is 313 Å². The van der Waals surface area contributed by atoms with Gasteiger partial charge in [-0.05, 0) is 129 Å². The Bertz CT molecular complexity index is 3580. The number of benzene rings is 6. The molecule has 0 heterocycles. The number of hydrogen-bond donors (Lipinski definition) is 5. The van der Waals surface area contributed by atoms with E-state index in [0.29, 0.717) is 58.3 Å². The minimum absolute atomic E-state index is 0.0761. The van der Waals surface area contributed by atoms with Crippen LogP contribution in [-0.4, -0.2) is 58.2 Å². The average Bonchev–Trinajstić information content (AvgIpc) is 3.29. The van der Waals surface area contributed by atoms with E-state index in [2.05, 4.69) is 46.2 Å². The minimum Gasteiger partial charge on any atom is -0.505 e. The van der Waals surface area contributed by atoms with Crippen molar-refractivity contribution in [3.63, 3.8) is 0 Å². The molecule has 0 bridgehead atoms. The molecule has 356 valence electrons. The molecule has 7 rings (SSSR count). The van der Waals surface area contributed by atoms with E-state index in [1.807, 2.05) is 38.1 Å². The normalized spacial score (nSPS) is 13.9. The van der Waals surface area contributed by atoms with Crippen LogP contribution < -0.4 is 14.8 Å². The van der Waals surface area contributed by atoms with Gasteiger partial charge in [-0.2, -0.15) is 45.7 Å². The zero-order chi connectivity index (χ0) is 49.8. The summed E-state index contributed by atoms with van der Waals surface area (Å²) in [7, 11) is -11.8. The number of phenols is 1. The molecule has 0 aromatic heterocycles. The van der Waals surface area contributed by atoms with Gasteiger partial charge in [-0.1, -0.05) is 17.7 Å². The molecule has 1 aliphatic carbocycles. The van der Waals surface area contributed by atoms with Crippen LogP contribution in [0.5, 0.6) is 17.2 Å². The predicted octanol–water partition coefficient (Wildman–Crippen LogP) is 12.3. The Labute approximate surface area is 395 Å². The number of ether oxygens (including phenoxy) is 2. The van der Waals surface area contributed by atoms with Crippen LogP contribution in [0.1, 0.15) is 30.9 Å². The van der Waals surface area contributed by atoms with Crippen LogP contribution in [0.4, 0.5) is 45.5 Å². The summed E-state index contributed by atoms with van der Waals surface area (Å²) in [6, 6.07) is 24.0. The van der Waals surface area contributed by atoms with Crippen molar-refractivity contribution in [2.24, 2.45) is 40.9 Å². The molecule has 0 saturated carbocycles. The molecule has 0 spiro atoms. The number of rotatable bonds is 15. The highest BCUT2D eigenvalue weighted by Gasteiger charge is 2.24. The number of fused-ring (bicyclic) bond motifs is 1. The lowest BCUT2D eigenvalue weighted by molar-refractivity contribution is 0.405. The second-order valence-corrected chi connectivity index (χ2v) is 19.5. The summed E-state index contributed by atoms with van der Waals surface area (Å²) in [6.45, 7) is 5.50. The molecule has 69 heavy (non-hydrogen) atoms. The number of phenolic OH excluding ortho intramolecular Hbond substituents is 1. The highest BCUT2D eigenvalue weighted by atomic mass is 32.2. The molecule has 0 saturated heterocycles. The van der Waals surface area contributed by atoms with E-state index in [-0.39, 0.29) is 33.9 Å². The quantitative estimate of drug-likeness (QED) is 0.0472. The van der Waals surface area contributed by atoms with Gasteiger partial charge in [0, 0.05) is 28.9 Å². The highest BCUT2D eigenvalue weighted by Crippen LogP contribution is 2.45. The molecule has 1 aliphatic rings. The van der Waals surface area contributed by atoms with E-state index in [1.54, 1.807) is 49.4 Å². The summed E-state index contributed by atoms with van der Waals surface area (Å²) in [4.78, 5) is -2.28. The third-order valence-electron chi connectivity index (χ3n) is 10.4. The van der Waals surface area contributed by atoms with Crippen LogP contribution in [0.15, 0.2) is 176 Å². The maximum atomic E-state index is 12.6. The lowest BCUT2D eigenvalue weighted by Crippen LogP contribution is -2.03. The number of azo groups is 4. The lowest BCUT2D eigenvalue weighted by Gasteiger charge is -2.13. The van der Waals surface area contributed by atoms with E-state index < -0.39 is 56.5 Å². The summed E-state index contributed by atoms with van der Waals surface area (Å²) < 4.78 is 112. The number of anilines is 2. The van der Waals surface area contributed by atoms with Gasteiger partial charge in [0.15, 0.2) is 5.75 Å². The van der Waals surface area contributed by atoms with Gasteiger partial charge in [-0.3, -0.25) is 13.7 Å². The number of methoxy groups -OCH3 is 2. The van der Waals surface area contributed by atoms with Crippen molar-refractivity contribution in [1.29, 1.82) is 0 Å². The molecule has 0 atom stereocenters. The molecule has 0 amide bonds. The number of nitrogens with zero attached hydrogens (tertiary/aromatic N) is 8. The van der Waals surface area contributed by atoms with Crippen LogP contribution >= 0.6 is 0 Å². The van der Waals surface area contributed by atoms with Crippen molar-refractivity contribution >= 4 is 86.6 Å². The van der Waals surface area contributed by atoms with Crippen molar-refractivity contribution in [1.82, 2.24) is 0 Å². The van der Waals surface area contributed by atoms with Crippen molar-refractivity contribution in [2.45, 2.75) is 48.3 Å². The van der Waals surface area contributed by atoms with Gasteiger partial charge in [-0.25, -0.2) is 0 Å². The molecule has 6 aromatic carbocycles. The first kappa shape index (κ1) is 49.3. The molecule has 24 heteroatoms. The number of hydrogen-bond acceptors (Lipinski definition) is 18. The van der Waals surface area contributed by atoms with Crippen molar-refractivity contribution < 1.29 is 53.5 Å². The van der Waals surface area contributed by atoms with E-state index in [0.717, 1.165) is 29.0 Å². The van der Waals surface area contributed by atoms with Crippen molar-refractivity contribution in [3.8, 4) is 17.2 Å². The SMILES string of the molecule is COc1cc(N=Nc2c(S(=O)(=O)O)cc3cc(Nc4ccc(C)cc4)ccc3c2O)c(OC)cc1N=NC1=CC(C)=C(N=Nc2ccc(N=Nc3ccc(S(=O)(=O)O)cc3S(=O)(=O)O)c(C)c2)CC1. The van der Waals surface area contributed by atoms with Crippen LogP contribution in [-0.2, 0) is 30.4 Å². The third-order valence-corrected chi connectivity index (χ3v) is 13.0. The first-order valence-electron chi connectivity index (χ1n) is 20.2. The summed E-state index contributed by atoms with van der Waals surface area (Å²) >= 11 is 0. The third kappa shape index (κ3) is 11.7. The Balaban J connectivity index is 1.07. The van der Waals surface area contributed by atoms with E-state index in [9.17, 15) is 44.0 Å². The number of nitrogens with one attached hydrogen (secondary N) is 1. The maximum Gasteiger partial charge on any atom is 0.296 e. The molecule has 0 radical (unpaired) electrons. The first-order valence-corrected chi connectivity index (χ1v) is 24.6. The number of aryl methyl sites for hydroxylation is 2. The largest absolute Gasteiger partial charge is 0.505 e. The molecule has 0 unspecified atom stereocenters. The molecule has 0 fully saturated rings. The fraction of sp³-hybridized carbons (Fsp3) is 0.156. The van der Waals surface area contributed by atoms with Crippen molar-refractivity contribution in [2.75, 3.05) is 19.5 Å². The zero-order valence-corrected chi connectivity index (χ0v) is 39.5. The zero-order valence-electron chi connectivity index (χ0n) is 37.1. The Morgan fingerprint density at radius 1 is 0.551 bits per heavy atom. The van der Waals surface area contributed by atoms with Gasteiger partial charge in [0.1, 0.15) is 44.0 Å². The molecule has 5 N–H and O–H groups in total. The Hall–Kier alpha value is -7.61. The van der Waals surface area contributed by atoms with Gasteiger partial charge in [0.2, 0.25) is 0 Å². The number of aromatic hydroxyl groups is 1. The van der Waals surface area contributed by atoms with E-state index in [4.69, 9.17) is 9.47 Å². The van der Waals surface area contributed by atoms with Crippen LogP contribution in [0, 0.1) is 13.8 Å². The standard InChI is InChI=1S/C45H41N9O12S3/c1-25-6-8-29(9-7-25)46-30-10-14-34-28(20-30)21-43(69(62,63)64)44(45(34)55)54-53-39-24-40(65-4)38(23-41(39)66-5)52-48-32-11-15-35(26(2)18-32)49-47-31-12-16-36(27(3)19-31)50-51-37-17-13-33(67(56,57)58)22-42(37)68(59,60)61/h6-10,12-14,16-24,46,55H,11,15H2,1-5H3,(H,56,57,58)(H,59,60,61)(H,62,63,64). The first-order chi connectivity index (χ1) is 32.6. The fourth-order valence-corrected chi connectivity index (χ4v) is 8.70. The van der Waals surface area contributed by atoms with E-state index >= 15 is 0 Å². The van der Waals surface area contributed by atoms with E-state index in [1.165, 1.54) is 32.4 Å². The number of allylic oxidation sites excluding steroid dienone is 4. The summed E-state index contributed by atoms with van der Waals surface area (Å²) in [5, 5.41) is 48.8. The lowest BCUT2D eigenvalue weighted by atomic mass is 10.0. The van der Waals surface area contributed by atoms with Gasteiger partial charge < -0.3 is 19.9 Å². The monoisotopic (exact) mass is 995 g/mol. The molecular weight excluding hydrogens is 955 g/mol. The molecular formula is C45H41N9O12S3. The highest BCUT2D eigenvalue weighted by molar-refractivity contribution is 7.87. The Morgan fingerprint density at radius 2 is 1.16 bits per heavy atom. The van der Waals surface area contributed by atoms with Gasteiger partial charge >= 0.3 is 0 Å². The molecule has 6 aromatic rings. The Kier molecular flexibility index (Phi) is 14.2. The van der Waals surface area contributed by atoms with Gasteiger partial charge in [0.05, 0.1) is 41.9 Å². The average molecular weight is 996 g/mol. The summed E-state index contributed by atoms with van der Waals surface area (Å²) in [5.41, 5.74) is 5.39. The second kappa shape index (κ2) is 19.9. The maximum absolute atomic E-state index is 12.6. The van der Waals surface area contributed by atoms with Gasteiger partial charge in [0.25, 0.3) is 30.4 Å². The smallest absolute Gasteiger partial charge is 0.296 e. The van der Waals surface area contributed by atoms with Crippen LogP contribution in [0.3, 0.4) is 0 Å². The Morgan fingerprint density at radius 3 is 1.77 bits per heavy atom. The fourth-order valence-electron chi connectivity index (χ4n) is 6.81. The second-order valence-electron chi connectivity index (χ2n) is 15.3. The summed E-state index contributed by atoms with van der Waals surface area (Å²) in [6.07, 6.45) is 2.72. The predicted molar refractivity (Wildman–Crippen MR) is 254 cm³/mol. The van der Waals surface area contributed by atoms with Crippen molar-refractivity contribution in [3.05, 3.63) is 131 Å². The minimum atomic E-state index is -4.93. The van der Waals surface area contributed by atoms with Crippen LogP contribution in [0.2, 0.25) is 0 Å². The van der Waals surface area contributed by atoms with Gasteiger partial charge in [-0.15, -0.1) is 20.5 Å².